The highest BCUT2D eigenvalue weighted by atomic mass is 16.3. The molecule has 1 nitrogen and oxygen atoms in total. The molecule has 7 atom stereocenters. The van der Waals surface area contributed by atoms with Gasteiger partial charge >= 0.3 is 0 Å². The molecule has 170 valence electrons. The Morgan fingerprint density at radius 3 is 2.47 bits per heavy atom. The number of fused-ring (bicyclic) bond motifs is 4. The highest BCUT2D eigenvalue weighted by Gasteiger charge is 2.60. The van der Waals surface area contributed by atoms with Crippen LogP contribution in [0, 0.1) is 39.9 Å². The van der Waals surface area contributed by atoms with Crippen LogP contribution in [0.2, 0.25) is 0 Å². The molecule has 0 bridgehead atoms. The number of hydrogen-bond acceptors (Lipinski definition) is 1. The summed E-state index contributed by atoms with van der Waals surface area (Å²) in [5, 5.41) is 10.7. The molecule has 0 aliphatic heterocycles. The Bertz CT molecular complexity index is 723. The van der Waals surface area contributed by atoms with Crippen LogP contribution in [-0.2, 0) is 0 Å². The largest absolute Gasteiger partial charge is 0.393 e. The Kier molecular flexibility index (Phi) is 5.87. The fourth-order valence-corrected chi connectivity index (χ4v) is 8.87. The standard InChI is InChI=1S/C29H48O/c1-19(2)9-8-10-20(3)23-16-18-29(7)25-13-12-24-21(11-14-26(30)27(24,4)5)22(25)15-17-28(23,29)6/h9,20-21,23-24,26,30H,8,10-18H2,1-7H3/t20-,21-,23-,24-,26-,28+,29+/m0/s1. The van der Waals surface area contributed by atoms with E-state index < -0.39 is 0 Å². The maximum atomic E-state index is 10.7. The molecule has 0 aromatic heterocycles. The highest BCUT2D eigenvalue weighted by molar-refractivity contribution is 5.36. The molecule has 0 amide bonds. The molecular weight excluding hydrogens is 364 g/mol. The molecule has 0 radical (unpaired) electrons. The molecule has 4 rings (SSSR count). The van der Waals surface area contributed by atoms with E-state index >= 15 is 0 Å². The SMILES string of the molecule is CC(C)=CCC[C@H](C)[C@@H]1CC[C@]2(C)C3=C(CC[C@]12C)[C@@H]1CC[C@H](O)C(C)(C)[C@H]1CC3. The van der Waals surface area contributed by atoms with Gasteiger partial charge in [0.15, 0.2) is 0 Å². The molecule has 1 heteroatoms. The van der Waals surface area contributed by atoms with Crippen molar-refractivity contribution in [2.75, 3.05) is 0 Å². The van der Waals surface area contributed by atoms with E-state index in [-0.39, 0.29) is 11.5 Å². The lowest BCUT2D eigenvalue weighted by molar-refractivity contribution is -0.0627. The van der Waals surface area contributed by atoms with E-state index in [2.05, 4.69) is 54.5 Å². The summed E-state index contributed by atoms with van der Waals surface area (Å²) < 4.78 is 0. The van der Waals surface area contributed by atoms with Gasteiger partial charge in [-0.15, -0.1) is 0 Å². The summed E-state index contributed by atoms with van der Waals surface area (Å²) in [5.74, 6) is 3.15. The smallest absolute Gasteiger partial charge is 0.0594 e. The minimum atomic E-state index is -0.108. The molecule has 0 saturated heterocycles. The molecule has 0 heterocycles. The number of rotatable bonds is 4. The van der Waals surface area contributed by atoms with Gasteiger partial charge in [-0.05, 0) is 118 Å². The first-order valence-corrected chi connectivity index (χ1v) is 13.1. The third kappa shape index (κ3) is 3.28. The van der Waals surface area contributed by atoms with Gasteiger partial charge < -0.3 is 5.11 Å². The summed E-state index contributed by atoms with van der Waals surface area (Å²) >= 11 is 0. The summed E-state index contributed by atoms with van der Waals surface area (Å²) in [4.78, 5) is 0. The van der Waals surface area contributed by atoms with Crippen molar-refractivity contribution in [2.45, 2.75) is 119 Å². The van der Waals surface area contributed by atoms with E-state index in [1.54, 1.807) is 0 Å². The van der Waals surface area contributed by atoms with Crippen LogP contribution < -0.4 is 0 Å². The van der Waals surface area contributed by atoms with Crippen molar-refractivity contribution in [2.24, 2.45) is 39.9 Å². The van der Waals surface area contributed by atoms with Crippen molar-refractivity contribution in [3.05, 3.63) is 22.8 Å². The van der Waals surface area contributed by atoms with E-state index in [0.717, 1.165) is 24.2 Å². The molecule has 0 aromatic carbocycles. The normalized spacial score (nSPS) is 43.5. The number of aliphatic hydroxyl groups excluding tert-OH is 1. The van der Waals surface area contributed by atoms with Crippen LogP contribution in [0.4, 0.5) is 0 Å². The zero-order valence-corrected chi connectivity index (χ0v) is 21.0. The van der Waals surface area contributed by atoms with E-state index in [9.17, 15) is 5.11 Å². The lowest BCUT2D eigenvalue weighted by Gasteiger charge is -2.58. The summed E-state index contributed by atoms with van der Waals surface area (Å²) in [6.45, 7) is 17.0. The van der Waals surface area contributed by atoms with Crippen molar-refractivity contribution in [3.8, 4) is 0 Å². The van der Waals surface area contributed by atoms with E-state index in [4.69, 9.17) is 0 Å². The molecule has 2 fully saturated rings. The maximum absolute atomic E-state index is 10.7. The summed E-state index contributed by atoms with van der Waals surface area (Å²) in [7, 11) is 0. The second-order valence-corrected chi connectivity index (χ2v) is 12.9. The Hall–Kier alpha value is -0.560. The molecule has 0 spiro atoms. The lowest BCUT2D eigenvalue weighted by Crippen LogP contribution is -2.50. The second kappa shape index (κ2) is 7.79. The minimum Gasteiger partial charge on any atom is -0.393 e. The molecule has 1 N–H and O–H groups in total. The van der Waals surface area contributed by atoms with Gasteiger partial charge in [-0.25, -0.2) is 0 Å². The fraction of sp³-hybridized carbons (Fsp3) is 0.862. The molecule has 4 aliphatic carbocycles. The van der Waals surface area contributed by atoms with Crippen LogP contribution in [0.5, 0.6) is 0 Å². The fourth-order valence-electron chi connectivity index (χ4n) is 8.87. The molecule has 2 saturated carbocycles. The summed E-state index contributed by atoms with van der Waals surface area (Å²) in [6.07, 6.45) is 15.3. The van der Waals surface area contributed by atoms with Gasteiger partial charge in [-0.3, -0.25) is 0 Å². The third-order valence-corrected chi connectivity index (χ3v) is 11.1. The topological polar surface area (TPSA) is 20.2 Å². The average molecular weight is 413 g/mol. The van der Waals surface area contributed by atoms with Crippen molar-refractivity contribution in [1.29, 1.82) is 0 Å². The van der Waals surface area contributed by atoms with Crippen molar-refractivity contribution < 1.29 is 5.11 Å². The second-order valence-electron chi connectivity index (χ2n) is 12.9. The summed E-state index contributed by atoms with van der Waals surface area (Å²) in [6, 6.07) is 0. The Morgan fingerprint density at radius 2 is 1.77 bits per heavy atom. The van der Waals surface area contributed by atoms with Gasteiger partial charge in [-0.2, -0.15) is 0 Å². The van der Waals surface area contributed by atoms with Gasteiger partial charge in [0, 0.05) is 0 Å². The number of allylic oxidation sites excluding steroid dienone is 4. The molecule has 4 aliphatic rings. The zero-order valence-electron chi connectivity index (χ0n) is 21.0. The van der Waals surface area contributed by atoms with Crippen LogP contribution in [-0.4, -0.2) is 11.2 Å². The molecule has 0 unspecified atom stereocenters. The van der Waals surface area contributed by atoms with Gasteiger partial charge in [0.25, 0.3) is 0 Å². The first kappa shape index (κ1) is 22.6. The lowest BCUT2D eigenvalue weighted by atomic mass is 9.47. The Balaban J connectivity index is 1.60. The Labute approximate surface area is 186 Å². The van der Waals surface area contributed by atoms with Crippen LogP contribution in [0.15, 0.2) is 22.8 Å². The predicted molar refractivity (Wildman–Crippen MR) is 128 cm³/mol. The van der Waals surface area contributed by atoms with Gasteiger partial charge in [0.05, 0.1) is 6.10 Å². The minimum absolute atomic E-state index is 0.0841. The maximum Gasteiger partial charge on any atom is 0.0594 e. The third-order valence-electron chi connectivity index (χ3n) is 11.1. The van der Waals surface area contributed by atoms with Crippen LogP contribution >= 0.6 is 0 Å². The first-order chi connectivity index (χ1) is 14.0. The average Bonchev–Trinajstić information content (AvgIpc) is 2.96. The highest BCUT2D eigenvalue weighted by Crippen LogP contribution is 2.70. The van der Waals surface area contributed by atoms with Crippen molar-refractivity contribution in [3.63, 3.8) is 0 Å². The van der Waals surface area contributed by atoms with Crippen molar-refractivity contribution >= 4 is 0 Å². The number of aliphatic hydroxyl groups is 1. The van der Waals surface area contributed by atoms with Crippen molar-refractivity contribution in [1.82, 2.24) is 0 Å². The van der Waals surface area contributed by atoms with E-state index in [1.807, 2.05) is 11.1 Å². The molecular formula is C29H48O. The monoisotopic (exact) mass is 412 g/mol. The van der Waals surface area contributed by atoms with E-state index in [0.29, 0.717) is 16.7 Å². The summed E-state index contributed by atoms with van der Waals surface area (Å²) in [5.41, 5.74) is 6.21. The van der Waals surface area contributed by atoms with Crippen LogP contribution in [0.1, 0.15) is 113 Å². The van der Waals surface area contributed by atoms with Crippen LogP contribution in [0.3, 0.4) is 0 Å². The van der Waals surface area contributed by atoms with E-state index in [1.165, 1.54) is 63.4 Å². The van der Waals surface area contributed by atoms with Gasteiger partial charge in [0.1, 0.15) is 0 Å². The van der Waals surface area contributed by atoms with Gasteiger partial charge in [-0.1, -0.05) is 57.4 Å². The Morgan fingerprint density at radius 1 is 1.03 bits per heavy atom. The van der Waals surface area contributed by atoms with Crippen LogP contribution in [0.25, 0.3) is 0 Å². The molecule has 0 aromatic rings. The number of hydrogen-bond donors (Lipinski definition) is 1. The molecule has 30 heavy (non-hydrogen) atoms. The van der Waals surface area contributed by atoms with Gasteiger partial charge in [0.2, 0.25) is 0 Å². The quantitative estimate of drug-likeness (QED) is 0.462. The first-order valence-electron chi connectivity index (χ1n) is 13.1. The zero-order chi connectivity index (χ0) is 21.9. The predicted octanol–water partition coefficient (Wildman–Crippen LogP) is 8.09.